The molecular weight excluding hydrogens is 428 g/mol. The van der Waals surface area contributed by atoms with Gasteiger partial charge in [-0.05, 0) is 24.6 Å². The molecule has 1 aliphatic heterocycles. The molecule has 0 radical (unpaired) electrons. The van der Waals surface area contributed by atoms with Gasteiger partial charge in [-0.2, -0.15) is 20.1 Å². The molecule has 4 rings (SSSR count). The number of nitrogens with zero attached hydrogens (tertiary/aromatic N) is 6. The van der Waals surface area contributed by atoms with E-state index in [4.69, 9.17) is 4.74 Å². The molecule has 170 valence electrons. The van der Waals surface area contributed by atoms with Crippen LogP contribution in [0.5, 0.6) is 5.75 Å². The highest BCUT2D eigenvalue weighted by Gasteiger charge is 2.17. The number of phenols is 1. The summed E-state index contributed by atoms with van der Waals surface area (Å²) in [4.78, 5) is 26.0. The Kier molecular flexibility index (Phi) is 6.55. The van der Waals surface area contributed by atoms with Crippen LogP contribution >= 0.6 is 0 Å². The molecule has 0 spiro atoms. The number of para-hydroxylation sites is 1. The average Bonchev–Trinajstić information content (AvgIpc) is 2.82. The Morgan fingerprint density at radius 1 is 1.15 bits per heavy atom. The van der Waals surface area contributed by atoms with Crippen LogP contribution in [0.2, 0.25) is 0 Å². The van der Waals surface area contributed by atoms with E-state index in [2.05, 4.69) is 30.8 Å². The summed E-state index contributed by atoms with van der Waals surface area (Å²) < 4.78 is 5.40. The maximum atomic E-state index is 11.2. The Morgan fingerprint density at radius 2 is 1.91 bits per heavy atom. The van der Waals surface area contributed by atoms with Gasteiger partial charge in [0, 0.05) is 30.9 Å². The minimum atomic E-state index is -0.472. The van der Waals surface area contributed by atoms with Gasteiger partial charge >= 0.3 is 0 Å². The van der Waals surface area contributed by atoms with Gasteiger partial charge < -0.3 is 20.1 Å². The van der Waals surface area contributed by atoms with E-state index in [9.17, 15) is 15.2 Å². The van der Waals surface area contributed by atoms with Crippen LogP contribution in [0.4, 0.5) is 29.2 Å². The molecule has 2 heterocycles. The molecule has 0 bridgehead atoms. The molecular formula is C21H22N8O4. The number of aromatic nitrogens is 3. The van der Waals surface area contributed by atoms with Crippen LogP contribution in [0.15, 0.2) is 47.6 Å². The summed E-state index contributed by atoms with van der Waals surface area (Å²) in [5.41, 5.74) is 4.54. The first-order valence-electron chi connectivity index (χ1n) is 10.2. The van der Waals surface area contributed by atoms with E-state index in [1.165, 1.54) is 12.3 Å². The molecule has 0 saturated carbocycles. The van der Waals surface area contributed by atoms with Crippen molar-refractivity contribution in [1.29, 1.82) is 0 Å². The van der Waals surface area contributed by atoms with Crippen molar-refractivity contribution in [3.8, 4) is 5.75 Å². The first-order valence-corrected chi connectivity index (χ1v) is 10.2. The number of aryl methyl sites for hydroxylation is 1. The number of morpholine rings is 1. The smallest absolute Gasteiger partial charge is 0.278 e. The van der Waals surface area contributed by atoms with E-state index in [0.29, 0.717) is 43.5 Å². The number of benzene rings is 2. The molecule has 0 amide bonds. The van der Waals surface area contributed by atoms with Crippen molar-refractivity contribution in [1.82, 2.24) is 15.0 Å². The fraction of sp³-hybridized carbons (Fsp3) is 0.238. The van der Waals surface area contributed by atoms with Gasteiger partial charge in [-0.15, -0.1) is 0 Å². The number of hydrogen-bond donors (Lipinski definition) is 3. The number of phenolic OH excluding ortho intramolecular Hbond substituents is 1. The normalized spacial score (nSPS) is 13.8. The number of nitro groups is 1. The van der Waals surface area contributed by atoms with Crippen LogP contribution < -0.4 is 15.6 Å². The second-order valence-corrected chi connectivity index (χ2v) is 7.19. The lowest BCUT2D eigenvalue weighted by Crippen LogP contribution is -2.37. The molecule has 12 heteroatoms. The minimum absolute atomic E-state index is 0.0607. The van der Waals surface area contributed by atoms with Crippen LogP contribution in [0, 0.1) is 17.0 Å². The zero-order chi connectivity index (χ0) is 23.2. The van der Waals surface area contributed by atoms with Crippen molar-refractivity contribution < 1.29 is 14.8 Å². The number of nitro benzene ring substituents is 1. The average molecular weight is 450 g/mol. The first-order chi connectivity index (χ1) is 16.0. The third kappa shape index (κ3) is 5.49. The molecule has 33 heavy (non-hydrogen) atoms. The Morgan fingerprint density at radius 3 is 2.70 bits per heavy atom. The molecule has 1 aromatic heterocycles. The van der Waals surface area contributed by atoms with Crippen molar-refractivity contribution in [2.45, 2.75) is 6.92 Å². The van der Waals surface area contributed by atoms with E-state index < -0.39 is 4.92 Å². The minimum Gasteiger partial charge on any atom is -0.508 e. The fourth-order valence-electron chi connectivity index (χ4n) is 3.16. The summed E-state index contributed by atoms with van der Waals surface area (Å²) >= 11 is 0. The highest BCUT2D eigenvalue weighted by molar-refractivity contribution is 5.85. The topological polar surface area (TPSA) is 151 Å². The van der Waals surface area contributed by atoms with Crippen molar-refractivity contribution in [3.63, 3.8) is 0 Å². The molecule has 2 aromatic carbocycles. The fourth-order valence-corrected chi connectivity index (χ4v) is 3.16. The van der Waals surface area contributed by atoms with Crippen LogP contribution in [0.25, 0.3) is 0 Å². The lowest BCUT2D eigenvalue weighted by Gasteiger charge is -2.27. The Balaban J connectivity index is 1.61. The van der Waals surface area contributed by atoms with Gasteiger partial charge in [-0.3, -0.25) is 10.1 Å². The van der Waals surface area contributed by atoms with Gasteiger partial charge in [0.15, 0.2) is 0 Å². The summed E-state index contributed by atoms with van der Waals surface area (Å²) in [6.45, 7) is 4.24. The monoisotopic (exact) mass is 450 g/mol. The Hall–Kier alpha value is -4.32. The van der Waals surface area contributed by atoms with Crippen LogP contribution in [-0.4, -0.2) is 57.5 Å². The Labute approximate surface area is 189 Å². The molecule has 3 aromatic rings. The van der Waals surface area contributed by atoms with Gasteiger partial charge in [-0.25, -0.2) is 5.43 Å². The second kappa shape index (κ2) is 9.87. The lowest BCUT2D eigenvalue weighted by atomic mass is 10.2. The molecule has 12 nitrogen and oxygen atoms in total. The van der Waals surface area contributed by atoms with E-state index >= 15 is 0 Å². The van der Waals surface area contributed by atoms with Crippen LogP contribution in [-0.2, 0) is 4.74 Å². The standard InChI is InChI=1S/C21H22N8O4/c1-14-6-7-16(30)12-17(14)23-19-24-20(26-21(25-19)28-8-10-33-11-9-28)27-22-13-15-4-2-3-5-18(15)29(31)32/h2-7,12-13,30H,8-11H2,1H3,(H2,23,24,25,26,27)/b22-13+. The molecule has 3 N–H and O–H groups in total. The number of ether oxygens (including phenoxy) is 1. The van der Waals surface area contributed by atoms with E-state index in [1.807, 2.05) is 11.8 Å². The van der Waals surface area contributed by atoms with Gasteiger partial charge in [0.1, 0.15) is 5.75 Å². The highest BCUT2D eigenvalue weighted by atomic mass is 16.6. The van der Waals surface area contributed by atoms with E-state index in [-0.39, 0.29) is 23.3 Å². The number of aromatic hydroxyl groups is 1. The number of hydrogen-bond acceptors (Lipinski definition) is 11. The maximum absolute atomic E-state index is 11.2. The van der Waals surface area contributed by atoms with Gasteiger partial charge in [0.25, 0.3) is 5.69 Å². The largest absolute Gasteiger partial charge is 0.508 e. The summed E-state index contributed by atoms with van der Waals surface area (Å²) in [6, 6.07) is 11.2. The molecule has 1 aliphatic rings. The molecule has 0 unspecified atom stereocenters. The van der Waals surface area contributed by atoms with Crippen molar-refractivity contribution in [2.24, 2.45) is 5.10 Å². The molecule has 0 aliphatic carbocycles. The second-order valence-electron chi connectivity index (χ2n) is 7.19. The lowest BCUT2D eigenvalue weighted by molar-refractivity contribution is -0.385. The third-order valence-electron chi connectivity index (χ3n) is 4.89. The van der Waals surface area contributed by atoms with Crippen molar-refractivity contribution in [3.05, 3.63) is 63.7 Å². The van der Waals surface area contributed by atoms with Crippen LogP contribution in [0.3, 0.4) is 0 Å². The SMILES string of the molecule is Cc1ccc(O)cc1Nc1nc(N/N=C/c2ccccc2[N+](=O)[O-])nc(N2CCOCC2)n1. The summed E-state index contributed by atoms with van der Waals surface area (Å²) in [5, 5.41) is 28.2. The number of hydrazone groups is 1. The quantitative estimate of drug-likeness (QED) is 0.278. The summed E-state index contributed by atoms with van der Waals surface area (Å²) in [7, 11) is 0. The van der Waals surface area contributed by atoms with Crippen molar-refractivity contribution in [2.75, 3.05) is 41.9 Å². The number of rotatable bonds is 7. The predicted octanol–water partition coefficient (Wildman–Crippen LogP) is 2.82. The van der Waals surface area contributed by atoms with Gasteiger partial charge in [0.05, 0.1) is 29.9 Å². The molecule has 1 fully saturated rings. The van der Waals surface area contributed by atoms with Crippen LogP contribution in [0.1, 0.15) is 11.1 Å². The third-order valence-corrected chi connectivity index (χ3v) is 4.89. The zero-order valence-corrected chi connectivity index (χ0v) is 17.8. The van der Waals surface area contributed by atoms with E-state index in [0.717, 1.165) is 5.56 Å². The highest BCUT2D eigenvalue weighted by Crippen LogP contribution is 2.25. The van der Waals surface area contributed by atoms with Gasteiger partial charge in [0.2, 0.25) is 17.8 Å². The Bertz CT molecular complexity index is 1180. The number of nitrogens with one attached hydrogen (secondary N) is 2. The summed E-state index contributed by atoms with van der Waals surface area (Å²) in [5.74, 6) is 0.945. The maximum Gasteiger partial charge on any atom is 0.278 e. The van der Waals surface area contributed by atoms with E-state index in [1.54, 1.807) is 36.4 Å². The predicted molar refractivity (Wildman–Crippen MR) is 123 cm³/mol. The zero-order valence-electron chi connectivity index (χ0n) is 17.8. The number of anilines is 4. The molecule has 0 atom stereocenters. The van der Waals surface area contributed by atoms with Gasteiger partial charge in [-0.1, -0.05) is 18.2 Å². The first kappa shape index (κ1) is 21.9. The summed E-state index contributed by atoms with van der Waals surface area (Å²) in [6.07, 6.45) is 1.34. The molecule has 1 saturated heterocycles. The van der Waals surface area contributed by atoms with Crippen molar-refractivity contribution >= 4 is 35.4 Å².